The number of quaternary nitrogens is 1. The predicted molar refractivity (Wildman–Crippen MR) is 94.0 cm³/mol. The molecule has 0 heterocycles. The van der Waals surface area contributed by atoms with E-state index in [-0.39, 0.29) is 18.8 Å². The van der Waals surface area contributed by atoms with Crippen molar-refractivity contribution < 1.29 is 23.9 Å². The minimum absolute atomic E-state index is 0.240. The topological polar surface area (TPSA) is 66.4 Å². The molecule has 136 valence electrons. The molecule has 0 radical (unpaired) electrons. The van der Waals surface area contributed by atoms with Gasteiger partial charge in [-0.2, -0.15) is 0 Å². The van der Waals surface area contributed by atoms with Gasteiger partial charge in [0.15, 0.2) is 6.10 Å². The molecule has 0 aromatic rings. The minimum Gasteiger partial charge on any atom is -0.550 e. The van der Waals surface area contributed by atoms with E-state index in [1.807, 2.05) is 52.4 Å². The van der Waals surface area contributed by atoms with Crippen LogP contribution in [0, 0.1) is 0 Å². The van der Waals surface area contributed by atoms with Gasteiger partial charge in [-0.3, -0.25) is 4.79 Å². The van der Waals surface area contributed by atoms with Crippen molar-refractivity contribution in [3.8, 4) is 0 Å². The summed E-state index contributed by atoms with van der Waals surface area (Å²) in [6.45, 7) is 2.44. The maximum Gasteiger partial charge on any atom is 0.306 e. The molecule has 0 N–H and O–H groups in total. The number of carboxylic acids is 1. The Morgan fingerprint density at radius 3 is 2.17 bits per heavy atom. The Morgan fingerprint density at radius 2 is 1.62 bits per heavy atom. The SMILES string of the molecule is C/C=C/CC/C=C/C=C/CCC(=O)OC(CC(=O)[O-])C[N+](C)(C)C. The number of carboxylic acid groups (broad SMARTS) is 1. The van der Waals surface area contributed by atoms with E-state index in [0.717, 1.165) is 12.8 Å². The zero-order valence-electron chi connectivity index (χ0n) is 15.4. The van der Waals surface area contributed by atoms with E-state index < -0.39 is 12.1 Å². The number of allylic oxidation sites excluding steroid dienone is 6. The molecule has 0 bridgehead atoms. The molecule has 0 aromatic heterocycles. The Bertz CT molecular complexity index is 458. The van der Waals surface area contributed by atoms with Crippen molar-refractivity contribution in [3.63, 3.8) is 0 Å². The van der Waals surface area contributed by atoms with E-state index in [2.05, 4.69) is 12.2 Å². The normalized spacial score (nSPS) is 13.8. The minimum atomic E-state index is -1.20. The van der Waals surface area contributed by atoms with Crippen LogP contribution in [0.5, 0.6) is 0 Å². The van der Waals surface area contributed by atoms with E-state index in [9.17, 15) is 14.7 Å². The predicted octanol–water partition coefficient (Wildman–Crippen LogP) is 1.99. The van der Waals surface area contributed by atoms with Crippen molar-refractivity contribution in [2.45, 2.75) is 45.1 Å². The number of hydrogen-bond donors (Lipinski definition) is 0. The van der Waals surface area contributed by atoms with Crippen LogP contribution in [0.4, 0.5) is 0 Å². The molecule has 24 heavy (non-hydrogen) atoms. The van der Waals surface area contributed by atoms with Crippen LogP contribution in [0.2, 0.25) is 0 Å². The molecule has 0 aliphatic heterocycles. The third-order valence-corrected chi connectivity index (χ3v) is 3.08. The van der Waals surface area contributed by atoms with Crippen LogP contribution in [0.15, 0.2) is 36.5 Å². The van der Waals surface area contributed by atoms with Gasteiger partial charge in [-0.05, 0) is 26.2 Å². The fourth-order valence-corrected chi connectivity index (χ4v) is 2.09. The fraction of sp³-hybridized carbons (Fsp3) is 0.579. The van der Waals surface area contributed by atoms with Gasteiger partial charge in [-0.15, -0.1) is 0 Å². The quantitative estimate of drug-likeness (QED) is 0.180. The van der Waals surface area contributed by atoms with Crippen molar-refractivity contribution in [1.82, 2.24) is 0 Å². The van der Waals surface area contributed by atoms with Gasteiger partial charge < -0.3 is 19.1 Å². The highest BCUT2D eigenvalue weighted by Crippen LogP contribution is 2.07. The molecule has 0 spiro atoms. The Balaban J connectivity index is 4.13. The van der Waals surface area contributed by atoms with Gasteiger partial charge in [0.1, 0.15) is 6.54 Å². The van der Waals surface area contributed by atoms with E-state index in [4.69, 9.17) is 4.74 Å². The average molecular weight is 337 g/mol. The van der Waals surface area contributed by atoms with Crippen molar-refractivity contribution >= 4 is 11.9 Å². The van der Waals surface area contributed by atoms with Gasteiger partial charge in [-0.1, -0.05) is 36.5 Å². The van der Waals surface area contributed by atoms with Crippen molar-refractivity contribution in [2.75, 3.05) is 27.7 Å². The summed E-state index contributed by atoms with van der Waals surface area (Å²) in [6, 6.07) is 0. The summed E-state index contributed by atoms with van der Waals surface area (Å²) < 4.78 is 5.79. The summed E-state index contributed by atoms with van der Waals surface area (Å²) in [5, 5.41) is 10.8. The molecule has 5 nitrogen and oxygen atoms in total. The molecule has 0 saturated heterocycles. The number of esters is 1. The lowest BCUT2D eigenvalue weighted by Gasteiger charge is -2.29. The number of carbonyl (C=O) groups is 2. The second-order valence-electron chi connectivity index (χ2n) is 6.70. The number of ether oxygens (including phenoxy) is 1. The van der Waals surface area contributed by atoms with Gasteiger partial charge in [0.25, 0.3) is 0 Å². The first-order valence-electron chi connectivity index (χ1n) is 8.37. The largest absolute Gasteiger partial charge is 0.550 e. The number of hydrogen-bond acceptors (Lipinski definition) is 4. The third-order valence-electron chi connectivity index (χ3n) is 3.08. The first-order valence-corrected chi connectivity index (χ1v) is 8.37. The number of likely N-dealkylation sites (N-methyl/N-ethyl adjacent to an activating group) is 1. The number of carbonyl (C=O) groups excluding carboxylic acids is 2. The molecule has 0 aliphatic rings. The average Bonchev–Trinajstić information content (AvgIpc) is 2.42. The molecule has 0 aromatic carbocycles. The number of nitrogens with zero attached hydrogens (tertiary/aromatic N) is 1. The molecule has 0 fully saturated rings. The van der Waals surface area contributed by atoms with E-state index >= 15 is 0 Å². The van der Waals surface area contributed by atoms with Crippen LogP contribution in [0.25, 0.3) is 0 Å². The Kier molecular flexibility index (Phi) is 11.5. The molecule has 1 atom stereocenters. The van der Waals surface area contributed by atoms with E-state index in [1.165, 1.54) is 0 Å². The Morgan fingerprint density at radius 1 is 1.04 bits per heavy atom. The van der Waals surface area contributed by atoms with Crippen LogP contribution in [0.3, 0.4) is 0 Å². The summed E-state index contributed by atoms with van der Waals surface area (Å²) in [5.74, 6) is -1.58. The number of rotatable bonds is 12. The molecule has 0 aliphatic carbocycles. The third kappa shape index (κ3) is 15.0. The second-order valence-corrected chi connectivity index (χ2v) is 6.70. The fourth-order valence-electron chi connectivity index (χ4n) is 2.09. The highest BCUT2D eigenvalue weighted by molar-refractivity contribution is 5.71. The summed E-state index contributed by atoms with van der Waals surface area (Å²) in [7, 11) is 5.75. The molecule has 0 amide bonds. The van der Waals surface area contributed by atoms with Crippen molar-refractivity contribution in [2.24, 2.45) is 0 Å². The number of unbranched alkanes of at least 4 members (excludes halogenated alkanes) is 1. The van der Waals surface area contributed by atoms with Crippen LogP contribution >= 0.6 is 0 Å². The summed E-state index contributed by atoms with van der Waals surface area (Å²) in [6.07, 6.45) is 13.9. The van der Waals surface area contributed by atoms with Gasteiger partial charge in [0, 0.05) is 18.8 Å². The van der Waals surface area contributed by atoms with Crippen LogP contribution in [-0.4, -0.2) is 50.2 Å². The van der Waals surface area contributed by atoms with Crippen LogP contribution < -0.4 is 5.11 Å². The lowest BCUT2D eigenvalue weighted by atomic mass is 10.2. The molecular weight excluding hydrogens is 306 g/mol. The first kappa shape index (κ1) is 22.1. The highest BCUT2D eigenvalue weighted by atomic mass is 16.5. The maximum absolute atomic E-state index is 11.8. The molecule has 0 saturated carbocycles. The van der Waals surface area contributed by atoms with Crippen molar-refractivity contribution in [3.05, 3.63) is 36.5 Å². The second kappa shape index (κ2) is 12.5. The Hall–Kier alpha value is -1.88. The molecule has 0 rings (SSSR count). The lowest BCUT2D eigenvalue weighted by molar-refractivity contribution is -0.873. The van der Waals surface area contributed by atoms with Crippen molar-refractivity contribution in [1.29, 1.82) is 0 Å². The van der Waals surface area contributed by atoms with Crippen LogP contribution in [0.1, 0.15) is 39.0 Å². The van der Waals surface area contributed by atoms with E-state index in [1.54, 1.807) is 0 Å². The van der Waals surface area contributed by atoms with Gasteiger partial charge >= 0.3 is 5.97 Å². The zero-order valence-corrected chi connectivity index (χ0v) is 15.4. The standard InChI is InChI=1S/C19H31NO4/c1-5-6-7-8-9-10-11-12-13-14-19(23)24-17(15-18(21)22)16-20(2,3)4/h5-6,9-12,17H,7-8,13-16H2,1-4H3/b6-5+,10-9+,12-11+. The van der Waals surface area contributed by atoms with Gasteiger partial charge in [0.2, 0.25) is 0 Å². The summed E-state index contributed by atoms with van der Waals surface area (Å²) in [5.41, 5.74) is 0. The monoisotopic (exact) mass is 337 g/mol. The van der Waals surface area contributed by atoms with Gasteiger partial charge in [-0.25, -0.2) is 0 Å². The smallest absolute Gasteiger partial charge is 0.306 e. The molecule has 1 unspecified atom stereocenters. The lowest BCUT2D eigenvalue weighted by Crippen LogP contribution is -2.45. The molecule has 5 heteroatoms. The van der Waals surface area contributed by atoms with Crippen LogP contribution in [-0.2, 0) is 14.3 Å². The number of aliphatic carboxylic acids is 1. The van der Waals surface area contributed by atoms with Gasteiger partial charge in [0.05, 0.1) is 21.1 Å². The summed E-state index contributed by atoms with van der Waals surface area (Å²) >= 11 is 0. The Labute approximate surface area is 145 Å². The zero-order chi connectivity index (χ0) is 18.4. The highest BCUT2D eigenvalue weighted by Gasteiger charge is 2.22. The maximum atomic E-state index is 11.8. The molecular formula is C19H31NO4. The van der Waals surface area contributed by atoms with E-state index in [0.29, 0.717) is 17.4 Å². The first-order chi connectivity index (χ1) is 11.2. The summed E-state index contributed by atoms with van der Waals surface area (Å²) in [4.78, 5) is 22.6.